The van der Waals surface area contributed by atoms with Gasteiger partial charge in [-0.1, -0.05) is 12.1 Å². The van der Waals surface area contributed by atoms with Gasteiger partial charge in [0.05, 0.1) is 30.9 Å². The number of aliphatic carboxylic acids is 1. The van der Waals surface area contributed by atoms with Crippen LogP contribution in [-0.2, 0) is 9.53 Å². The minimum absolute atomic E-state index is 0.0556. The maximum atomic E-state index is 13.5. The van der Waals surface area contributed by atoms with Gasteiger partial charge in [-0.2, -0.15) is 0 Å². The molecule has 1 fully saturated rings. The molecule has 0 radical (unpaired) electrons. The van der Waals surface area contributed by atoms with Crippen LogP contribution in [0.3, 0.4) is 0 Å². The van der Waals surface area contributed by atoms with E-state index in [4.69, 9.17) is 14.2 Å². The first-order valence-corrected chi connectivity index (χ1v) is 13.4. The number of halogens is 1. The van der Waals surface area contributed by atoms with Crippen molar-refractivity contribution in [3.8, 4) is 11.5 Å². The Morgan fingerprint density at radius 1 is 0.907 bits per heavy atom. The third-order valence-corrected chi connectivity index (χ3v) is 7.15. The molecule has 1 unspecified atom stereocenters. The highest BCUT2D eigenvalue weighted by Gasteiger charge is 2.26. The van der Waals surface area contributed by atoms with Crippen molar-refractivity contribution >= 4 is 35.3 Å². The van der Waals surface area contributed by atoms with Crippen LogP contribution in [0.25, 0.3) is 0 Å². The van der Waals surface area contributed by atoms with Crippen molar-refractivity contribution in [2.75, 3.05) is 50.3 Å². The van der Waals surface area contributed by atoms with E-state index >= 15 is 0 Å². The molecule has 2 aliphatic heterocycles. The summed E-state index contributed by atoms with van der Waals surface area (Å²) in [5, 5.41) is 15.0. The average molecular weight is 593 g/mol. The minimum Gasteiger partial charge on any atom is -0.481 e. The molecule has 3 aromatic carbocycles. The van der Waals surface area contributed by atoms with Gasteiger partial charge in [-0.3, -0.25) is 14.4 Å². The minimum atomic E-state index is -1.15. The SMILES string of the molecule is COC(=O)N1CCN(c2ccc(C(=O)NC(CC(=O)O)c3ccc(F)cc3)cc2NC(=O)c2ccc3c(c2)OCO3)CC1. The van der Waals surface area contributed by atoms with E-state index in [2.05, 4.69) is 10.6 Å². The maximum Gasteiger partial charge on any atom is 0.409 e. The van der Waals surface area contributed by atoms with Crippen LogP contribution in [0.1, 0.15) is 38.7 Å². The Morgan fingerprint density at radius 2 is 1.58 bits per heavy atom. The number of carbonyl (C=O) groups excluding carboxylic acids is 3. The maximum absolute atomic E-state index is 13.5. The van der Waals surface area contributed by atoms with E-state index < -0.39 is 42.2 Å². The number of anilines is 2. The molecule has 3 N–H and O–H groups in total. The van der Waals surface area contributed by atoms with Crippen molar-refractivity contribution in [3.05, 3.63) is 83.2 Å². The van der Waals surface area contributed by atoms with Crippen molar-refractivity contribution in [1.82, 2.24) is 10.2 Å². The normalized spacial score (nSPS) is 14.6. The number of benzene rings is 3. The first kappa shape index (κ1) is 29.2. The van der Waals surface area contributed by atoms with E-state index in [1.165, 1.54) is 37.4 Å². The molecule has 13 heteroatoms. The van der Waals surface area contributed by atoms with Crippen LogP contribution < -0.4 is 25.0 Å². The summed E-state index contributed by atoms with van der Waals surface area (Å²) < 4.78 is 29.0. The predicted molar refractivity (Wildman–Crippen MR) is 152 cm³/mol. The van der Waals surface area contributed by atoms with E-state index in [1.807, 2.05) is 4.90 Å². The molecule has 5 rings (SSSR count). The van der Waals surface area contributed by atoms with Crippen molar-refractivity contribution in [3.63, 3.8) is 0 Å². The Morgan fingerprint density at radius 3 is 2.28 bits per heavy atom. The second-order valence-corrected chi connectivity index (χ2v) is 9.87. The Kier molecular flexibility index (Phi) is 8.60. The Labute approximate surface area is 245 Å². The lowest BCUT2D eigenvalue weighted by Gasteiger charge is -2.36. The van der Waals surface area contributed by atoms with Crippen molar-refractivity contribution in [2.24, 2.45) is 0 Å². The summed E-state index contributed by atoms with van der Waals surface area (Å²) in [6.45, 7) is 1.72. The number of fused-ring (bicyclic) bond motifs is 1. The standard InChI is InChI=1S/C30H29FN4O8/c1-41-30(40)35-12-10-34(11-13-35)24-8-4-19(28(38)32-22(16-27(36)37)18-2-6-21(31)7-3-18)14-23(24)33-29(39)20-5-9-25-26(15-20)43-17-42-25/h2-9,14-15,22H,10-13,16-17H2,1H3,(H,32,38)(H,33,39)(H,36,37). The molecule has 1 atom stereocenters. The smallest absolute Gasteiger partial charge is 0.409 e. The van der Waals surface area contributed by atoms with Gasteiger partial charge < -0.3 is 39.8 Å². The third kappa shape index (κ3) is 6.77. The quantitative estimate of drug-likeness (QED) is 0.357. The van der Waals surface area contributed by atoms with Gasteiger partial charge in [-0.25, -0.2) is 9.18 Å². The van der Waals surface area contributed by atoms with Crippen LogP contribution in [0.15, 0.2) is 60.7 Å². The van der Waals surface area contributed by atoms with Crippen LogP contribution in [0.5, 0.6) is 11.5 Å². The Balaban J connectivity index is 1.41. The second kappa shape index (κ2) is 12.7. The molecule has 12 nitrogen and oxygen atoms in total. The van der Waals surface area contributed by atoms with Crippen LogP contribution in [0.4, 0.5) is 20.6 Å². The molecule has 2 aliphatic rings. The van der Waals surface area contributed by atoms with Gasteiger partial charge >= 0.3 is 12.1 Å². The molecule has 0 spiro atoms. The van der Waals surface area contributed by atoms with Crippen LogP contribution in [0, 0.1) is 5.82 Å². The Bertz CT molecular complexity index is 1540. The van der Waals surface area contributed by atoms with Gasteiger partial charge in [0.1, 0.15) is 5.82 Å². The zero-order valence-corrected chi connectivity index (χ0v) is 23.2. The number of carbonyl (C=O) groups is 4. The number of methoxy groups -OCH3 is 1. The lowest BCUT2D eigenvalue weighted by molar-refractivity contribution is -0.137. The number of piperazine rings is 1. The summed E-state index contributed by atoms with van der Waals surface area (Å²) in [6.07, 6.45) is -0.853. The number of hydrogen-bond donors (Lipinski definition) is 3. The number of carboxylic acids is 1. The molecule has 224 valence electrons. The molecule has 3 amide bonds. The predicted octanol–water partition coefficient (Wildman–Crippen LogP) is 3.64. The number of rotatable bonds is 8. The largest absolute Gasteiger partial charge is 0.481 e. The van der Waals surface area contributed by atoms with Gasteiger partial charge in [0.25, 0.3) is 11.8 Å². The van der Waals surface area contributed by atoms with Crippen LogP contribution in [0.2, 0.25) is 0 Å². The fraction of sp³-hybridized carbons (Fsp3) is 0.267. The molecule has 0 aromatic heterocycles. The lowest BCUT2D eigenvalue weighted by Crippen LogP contribution is -2.49. The molecular weight excluding hydrogens is 563 g/mol. The van der Waals surface area contributed by atoms with Gasteiger partial charge in [-0.15, -0.1) is 0 Å². The number of amides is 3. The highest BCUT2D eigenvalue weighted by atomic mass is 19.1. The lowest BCUT2D eigenvalue weighted by atomic mass is 10.0. The van der Waals surface area contributed by atoms with E-state index in [0.29, 0.717) is 60.2 Å². The Hall–Kier alpha value is -5.33. The number of carboxylic acid groups (broad SMARTS) is 1. The molecule has 3 aromatic rings. The van der Waals surface area contributed by atoms with Crippen molar-refractivity contribution < 1.29 is 42.9 Å². The van der Waals surface area contributed by atoms with Gasteiger partial charge in [0, 0.05) is 37.3 Å². The first-order valence-electron chi connectivity index (χ1n) is 13.4. The molecule has 43 heavy (non-hydrogen) atoms. The molecular formula is C30H29FN4O8. The van der Waals surface area contributed by atoms with E-state index in [-0.39, 0.29) is 12.4 Å². The number of ether oxygens (including phenoxy) is 3. The third-order valence-electron chi connectivity index (χ3n) is 7.15. The van der Waals surface area contributed by atoms with Crippen molar-refractivity contribution in [2.45, 2.75) is 12.5 Å². The van der Waals surface area contributed by atoms with Gasteiger partial charge in [-0.05, 0) is 54.1 Å². The van der Waals surface area contributed by atoms with Gasteiger partial charge in [0.15, 0.2) is 11.5 Å². The topological polar surface area (TPSA) is 147 Å². The summed E-state index contributed by atoms with van der Waals surface area (Å²) in [5.74, 6) is -1.72. The van der Waals surface area contributed by atoms with Crippen LogP contribution in [-0.4, -0.2) is 74.0 Å². The summed E-state index contributed by atoms with van der Waals surface area (Å²) in [6, 6.07) is 13.8. The van der Waals surface area contributed by atoms with E-state index in [9.17, 15) is 28.7 Å². The number of hydrogen-bond acceptors (Lipinski definition) is 8. The zero-order chi connectivity index (χ0) is 30.5. The van der Waals surface area contributed by atoms with Crippen LogP contribution >= 0.6 is 0 Å². The average Bonchev–Trinajstić information content (AvgIpc) is 3.49. The highest BCUT2D eigenvalue weighted by Crippen LogP contribution is 2.34. The zero-order valence-electron chi connectivity index (χ0n) is 23.2. The van der Waals surface area contributed by atoms with E-state index in [1.54, 1.807) is 35.2 Å². The summed E-state index contributed by atoms with van der Waals surface area (Å²) in [5.41, 5.74) is 1.84. The summed E-state index contributed by atoms with van der Waals surface area (Å²) >= 11 is 0. The molecule has 0 aliphatic carbocycles. The first-order chi connectivity index (χ1) is 20.7. The summed E-state index contributed by atoms with van der Waals surface area (Å²) in [4.78, 5) is 53.7. The second-order valence-electron chi connectivity index (χ2n) is 9.87. The molecule has 0 bridgehead atoms. The highest BCUT2D eigenvalue weighted by molar-refractivity contribution is 6.07. The molecule has 0 saturated carbocycles. The summed E-state index contributed by atoms with van der Waals surface area (Å²) in [7, 11) is 1.32. The molecule has 2 heterocycles. The monoisotopic (exact) mass is 592 g/mol. The number of nitrogens with zero attached hydrogens (tertiary/aromatic N) is 2. The van der Waals surface area contributed by atoms with Gasteiger partial charge in [0.2, 0.25) is 6.79 Å². The van der Waals surface area contributed by atoms with Crippen molar-refractivity contribution in [1.29, 1.82) is 0 Å². The fourth-order valence-corrected chi connectivity index (χ4v) is 4.91. The van der Waals surface area contributed by atoms with E-state index in [0.717, 1.165) is 0 Å². The fourth-order valence-electron chi connectivity index (χ4n) is 4.91. The molecule has 1 saturated heterocycles. The number of nitrogens with one attached hydrogen (secondary N) is 2.